The standard InChI is InChI=1S/C18H15FN2O6S/c19-12-1-3-15(4-2-12)27-16-7-13(6-14(8-16)21(23)24)20-17-10-28(25,26)9-11(17)5-18(20)22/h1-4,6-8,11,17H,5,9-10H2. The number of fused-ring (bicyclic) bond motifs is 1. The fourth-order valence-electron chi connectivity index (χ4n) is 3.74. The minimum absolute atomic E-state index is 0.0617. The largest absolute Gasteiger partial charge is 0.457 e. The van der Waals surface area contributed by atoms with Gasteiger partial charge < -0.3 is 9.64 Å². The van der Waals surface area contributed by atoms with E-state index in [1.54, 1.807) is 0 Å². The van der Waals surface area contributed by atoms with Crippen LogP contribution in [0.4, 0.5) is 15.8 Å². The van der Waals surface area contributed by atoms with Gasteiger partial charge in [-0.15, -0.1) is 0 Å². The Bertz CT molecular complexity index is 1070. The molecule has 2 aromatic carbocycles. The Morgan fingerprint density at radius 2 is 1.82 bits per heavy atom. The highest BCUT2D eigenvalue weighted by Gasteiger charge is 2.49. The summed E-state index contributed by atoms with van der Waals surface area (Å²) in [6.45, 7) is 0. The third-order valence-corrected chi connectivity index (χ3v) is 6.67. The number of nitrogens with zero attached hydrogens (tertiary/aromatic N) is 2. The molecular weight excluding hydrogens is 391 g/mol. The molecule has 2 saturated heterocycles. The molecule has 0 radical (unpaired) electrons. The molecule has 0 aromatic heterocycles. The van der Waals surface area contributed by atoms with Crippen LogP contribution in [0.25, 0.3) is 0 Å². The van der Waals surface area contributed by atoms with Gasteiger partial charge in [-0.25, -0.2) is 12.8 Å². The number of rotatable bonds is 4. The summed E-state index contributed by atoms with van der Waals surface area (Å²) < 4.78 is 42.5. The van der Waals surface area contributed by atoms with Gasteiger partial charge in [-0.3, -0.25) is 14.9 Å². The van der Waals surface area contributed by atoms with Crippen molar-refractivity contribution in [1.82, 2.24) is 0 Å². The van der Waals surface area contributed by atoms with Crippen LogP contribution in [-0.2, 0) is 14.6 Å². The van der Waals surface area contributed by atoms with E-state index in [1.165, 1.54) is 47.4 Å². The van der Waals surface area contributed by atoms with Crippen LogP contribution in [0.15, 0.2) is 42.5 Å². The molecule has 0 saturated carbocycles. The number of amides is 1. The quantitative estimate of drug-likeness (QED) is 0.571. The average Bonchev–Trinajstić information content (AvgIpc) is 3.06. The molecular formula is C18H15FN2O6S. The summed E-state index contributed by atoms with van der Waals surface area (Å²) in [4.78, 5) is 24.5. The average molecular weight is 406 g/mol. The van der Waals surface area contributed by atoms with E-state index < -0.39 is 26.6 Å². The number of nitro groups is 1. The predicted molar refractivity (Wildman–Crippen MR) is 97.6 cm³/mol. The second-order valence-corrected chi connectivity index (χ2v) is 9.02. The fraction of sp³-hybridized carbons (Fsp3) is 0.278. The highest BCUT2D eigenvalue weighted by molar-refractivity contribution is 7.91. The van der Waals surface area contributed by atoms with Gasteiger partial charge in [0.1, 0.15) is 17.3 Å². The minimum Gasteiger partial charge on any atom is -0.457 e. The zero-order valence-electron chi connectivity index (χ0n) is 14.4. The van der Waals surface area contributed by atoms with Gasteiger partial charge in [0, 0.05) is 24.5 Å². The highest BCUT2D eigenvalue weighted by atomic mass is 32.2. The number of non-ortho nitro benzene ring substituents is 1. The van der Waals surface area contributed by atoms with Crippen molar-refractivity contribution in [3.63, 3.8) is 0 Å². The van der Waals surface area contributed by atoms with Crippen LogP contribution >= 0.6 is 0 Å². The molecule has 146 valence electrons. The number of ether oxygens (including phenoxy) is 1. The van der Waals surface area contributed by atoms with E-state index >= 15 is 0 Å². The van der Waals surface area contributed by atoms with E-state index in [1.807, 2.05) is 0 Å². The molecule has 0 bridgehead atoms. The SMILES string of the molecule is O=C1CC2CS(=O)(=O)CC2N1c1cc(Oc2ccc(F)cc2)cc([N+](=O)[O-])c1. The lowest BCUT2D eigenvalue weighted by molar-refractivity contribution is -0.384. The molecule has 0 spiro atoms. The lowest BCUT2D eigenvalue weighted by atomic mass is 10.0. The van der Waals surface area contributed by atoms with Crippen LogP contribution < -0.4 is 9.64 Å². The molecule has 2 heterocycles. The summed E-state index contributed by atoms with van der Waals surface area (Å²) >= 11 is 0. The first-order valence-electron chi connectivity index (χ1n) is 8.47. The highest BCUT2D eigenvalue weighted by Crippen LogP contribution is 2.40. The molecule has 4 rings (SSSR count). The summed E-state index contributed by atoms with van der Waals surface area (Å²) in [7, 11) is -3.25. The molecule has 0 N–H and O–H groups in total. The van der Waals surface area contributed by atoms with Gasteiger partial charge in [-0.2, -0.15) is 0 Å². The van der Waals surface area contributed by atoms with E-state index in [9.17, 15) is 27.7 Å². The van der Waals surface area contributed by atoms with Crippen LogP contribution in [-0.4, -0.2) is 36.8 Å². The Balaban J connectivity index is 1.72. The number of carbonyl (C=O) groups is 1. The molecule has 2 fully saturated rings. The molecule has 2 aliphatic heterocycles. The van der Waals surface area contributed by atoms with Gasteiger partial charge in [0.05, 0.1) is 34.2 Å². The molecule has 2 aliphatic rings. The minimum atomic E-state index is -3.25. The van der Waals surface area contributed by atoms with Gasteiger partial charge in [-0.1, -0.05) is 0 Å². The van der Waals surface area contributed by atoms with Crippen molar-refractivity contribution in [1.29, 1.82) is 0 Å². The number of nitro benzene ring substituents is 1. The Hall–Kier alpha value is -3.01. The van der Waals surface area contributed by atoms with Crippen molar-refractivity contribution in [2.45, 2.75) is 12.5 Å². The summed E-state index contributed by atoms with van der Waals surface area (Å²) in [5, 5.41) is 11.3. The number of hydrogen-bond donors (Lipinski definition) is 0. The molecule has 8 nitrogen and oxygen atoms in total. The molecule has 2 aromatic rings. The van der Waals surface area contributed by atoms with Crippen LogP contribution in [0, 0.1) is 21.8 Å². The molecule has 2 unspecified atom stereocenters. The number of halogens is 1. The third kappa shape index (κ3) is 3.42. The van der Waals surface area contributed by atoms with Crippen LogP contribution in [0.3, 0.4) is 0 Å². The zero-order chi connectivity index (χ0) is 20.1. The van der Waals surface area contributed by atoms with Crippen molar-refractivity contribution in [3.05, 3.63) is 58.4 Å². The molecule has 10 heteroatoms. The summed E-state index contributed by atoms with van der Waals surface area (Å²) in [6, 6.07) is 8.43. The fourth-order valence-corrected chi connectivity index (χ4v) is 5.81. The normalized spacial score (nSPS) is 22.9. The van der Waals surface area contributed by atoms with E-state index in [0.717, 1.165) is 0 Å². The number of sulfone groups is 1. The Morgan fingerprint density at radius 1 is 1.11 bits per heavy atom. The summed E-state index contributed by atoms with van der Waals surface area (Å²) in [5.41, 5.74) is -0.0902. The van der Waals surface area contributed by atoms with Gasteiger partial charge in [-0.05, 0) is 24.3 Å². The maximum atomic E-state index is 13.1. The molecule has 2 atom stereocenters. The monoisotopic (exact) mass is 406 g/mol. The van der Waals surface area contributed by atoms with E-state index in [0.29, 0.717) is 0 Å². The number of benzene rings is 2. The van der Waals surface area contributed by atoms with Crippen LogP contribution in [0.2, 0.25) is 0 Å². The first kappa shape index (κ1) is 18.4. The van der Waals surface area contributed by atoms with E-state index in [2.05, 4.69) is 0 Å². The van der Waals surface area contributed by atoms with Crippen molar-refractivity contribution in [3.8, 4) is 11.5 Å². The number of carbonyl (C=O) groups excluding carboxylic acids is 1. The summed E-state index contributed by atoms with van der Waals surface area (Å²) in [5.74, 6) is -0.928. The smallest absolute Gasteiger partial charge is 0.275 e. The Morgan fingerprint density at radius 3 is 2.50 bits per heavy atom. The van der Waals surface area contributed by atoms with Gasteiger partial charge in [0.2, 0.25) is 5.91 Å². The number of hydrogen-bond acceptors (Lipinski definition) is 6. The van der Waals surface area contributed by atoms with Gasteiger partial charge in [0.15, 0.2) is 9.84 Å². The van der Waals surface area contributed by atoms with E-state index in [-0.39, 0.29) is 52.6 Å². The second-order valence-electron chi connectivity index (χ2n) is 6.87. The lowest BCUT2D eigenvalue weighted by Crippen LogP contribution is -2.36. The summed E-state index contributed by atoms with van der Waals surface area (Å²) in [6.07, 6.45) is 0.0841. The topological polar surface area (TPSA) is 107 Å². The molecule has 0 aliphatic carbocycles. The van der Waals surface area contributed by atoms with Gasteiger partial charge >= 0.3 is 0 Å². The Labute approximate surface area is 159 Å². The molecule has 1 amide bonds. The first-order valence-corrected chi connectivity index (χ1v) is 10.3. The van der Waals surface area contributed by atoms with Crippen LogP contribution in [0.1, 0.15) is 6.42 Å². The maximum absolute atomic E-state index is 13.1. The van der Waals surface area contributed by atoms with Crippen molar-refractivity contribution >= 4 is 27.1 Å². The third-order valence-electron chi connectivity index (χ3n) is 4.89. The van der Waals surface area contributed by atoms with E-state index in [4.69, 9.17) is 4.74 Å². The van der Waals surface area contributed by atoms with Crippen molar-refractivity contribution in [2.24, 2.45) is 5.92 Å². The van der Waals surface area contributed by atoms with Crippen LogP contribution in [0.5, 0.6) is 11.5 Å². The first-order chi connectivity index (χ1) is 13.2. The predicted octanol–water partition coefficient (Wildman–Crippen LogP) is 2.68. The number of anilines is 1. The van der Waals surface area contributed by atoms with Crippen molar-refractivity contribution in [2.75, 3.05) is 16.4 Å². The maximum Gasteiger partial charge on any atom is 0.275 e. The van der Waals surface area contributed by atoms with Crippen molar-refractivity contribution < 1.29 is 27.3 Å². The van der Waals surface area contributed by atoms with Gasteiger partial charge in [0.25, 0.3) is 5.69 Å². The Kier molecular flexibility index (Phi) is 4.30. The molecule has 28 heavy (non-hydrogen) atoms. The lowest BCUT2D eigenvalue weighted by Gasteiger charge is -2.23. The zero-order valence-corrected chi connectivity index (χ0v) is 15.3. The second kappa shape index (κ2) is 6.55.